The Kier molecular flexibility index (Phi) is 13.7. The minimum Gasteiger partial charge on any atom is -0.381 e. The third-order valence-electron chi connectivity index (χ3n) is 2.65. The normalized spacial score (nSPS) is 13.4. The van der Waals surface area contributed by atoms with Crippen LogP contribution in [0, 0.1) is 0 Å². The van der Waals surface area contributed by atoms with Crippen LogP contribution in [-0.4, -0.2) is 50.3 Å². The quantitative estimate of drug-likeness (QED) is 0.348. The highest BCUT2D eigenvalue weighted by Crippen LogP contribution is 2.04. The molecule has 4 nitrogen and oxygen atoms in total. The number of nitrogens with zero attached hydrogens (tertiary/aromatic N) is 1. The van der Waals surface area contributed by atoms with E-state index in [1.165, 1.54) is 6.42 Å². The monoisotopic (exact) mass is 289 g/mol. The fourth-order valence-corrected chi connectivity index (χ4v) is 1.59. The molecule has 0 aliphatic rings. The topological polar surface area (TPSA) is 45.6 Å². The predicted molar refractivity (Wildman–Crippen MR) is 87.3 cm³/mol. The van der Waals surface area contributed by atoms with Crippen LogP contribution in [0.2, 0.25) is 0 Å². The van der Waals surface area contributed by atoms with Crippen LogP contribution in [0.5, 0.6) is 0 Å². The molecule has 0 fully saturated rings. The van der Waals surface area contributed by atoms with Crippen molar-refractivity contribution in [3.8, 4) is 0 Å². The highest BCUT2D eigenvalue weighted by Gasteiger charge is 2.00. The fraction of sp³-hybridized carbons (Fsp3) is 0.929. The SMILES string of the molecule is CCCCOCCCNC(=NCC(C)SC)NCC. The van der Waals surface area contributed by atoms with E-state index in [2.05, 4.69) is 42.7 Å². The van der Waals surface area contributed by atoms with Gasteiger partial charge >= 0.3 is 0 Å². The number of unbranched alkanes of at least 4 members (excludes halogenated alkanes) is 1. The molecule has 0 heterocycles. The fourth-order valence-electron chi connectivity index (χ4n) is 1.37. The standard InChI is InChI=1S/C14H31N3OS/c1-5-7-10-18-11-8-9-16-14(15-6-2)17-12-13(3)19-4/h13H,5-12H2,1-4H3,(H2,15,16,17). The third-order valence-corrected chi connectivity index (χ3v) is 3.61. The van der Waals surface area contributed by atoms with Gasteiger partial charge in [-0.05, 0) is 26.0 Å². The van der Waals surface area contributed by atoms with Crippen LogP contribution >= 0.6 is 11.8 Å². The average molecular weight is 289 g/mol. The van der Waals surface area contributed by atoms with Crippen molar-refractivity contribution < 1.29 is 4.74 Å². The van der Waals surface area contributed by atoms with Crippen molar-refractivity contribution in [1.82, 2.24) is 10.6 Å². The molecule has 0 radical (unpaired) electrons. The summed E-state index contributed by atoms with van der Waals surface area (Å²) in [5.41, 5.74) is 0. The highest BCUT2D eigenvalue weighted by atomic mass is 32.2. The third kappa shape index (κ3) is 12.4. The maximum atomic E-state index is 5.53. The van der Waals surface area contributed by atoms with Crippen LogP contribution in [-0.2, 0) is 4.74 Å². The van der Waals surface area contributed by atoms with Gasteiger partial charge in [-0.15, -0.1) is 0 Å². The molecule has 19 heavy (non-hydrogen) atoms. The lowest BCUT2D eigenvalue weighted by atomic mass is 10.4. The van der Waals surface area contributed by atoms with Gasteiger partial charge in [0.25, 0.3) is 0 Å². The summed E-state index contributed by atoms with van der Waals surface area (Å²) in [6.45, 7) is 10.8. The summed E-state index contributed by atoms with van der Waals surface area (Å²) in [5, 5.41) is 7.17. The lowest BCUT2D eigenvalue weighted by Gasteiger charge is -2.12. The summed E-state index contributed by atoms with van der Waals surface area (Å²) in [6, 6.07) is 0. The summed E-state index contributed by atoms with van der Waals surface area (Å²) in [7, 11) is 0. The van der Waals surface area contributed by atoms with E-state index >= 15 is 0 Å². The number of aliphatic imine (C=N–C) groups is 1. The molecule has 0 aromatic heterocycles. The molecular weight excluding hydrogens is 258 g/mol. The Morgan fingerprint density at radius 2 is 1.95 bits per heavy atom. The number of hydrogen-bond acceptors (Lipinski definition) is 3. The van der Waals surface area contributed by atoms with E-state index in [0.29, 0.717) is 5.25 Å². The second kappa shape index (κ2) is 14.0. The van der Waals surface area contributed by atoms with Crippen LogP contribution in [0.3, 0.4) is 0 Å². The molecule has 0 aliphatic heterocycles. The number of guanidine groups is 1. The summed E-state index contributed by atoms with van der Waals surface area (Å²) in [6.07, 6.45) is 5.49. The largest absolute Gasteiger partial charge is 0.381 e. The van der Waals surface area contributed by atoms with Gasteiger partial charge in [0.1, 0.15) is 0 Å². The lowest BCUT2D eigenvalue weighted by Crippen LogP contribution is -2.38. The van der Waals surface area contributed by atoms with E-state index < -0.39 is 0 Å². The van der Waals surface area contributed by atoms with Crippen molar-refractivity contribution in [2.75, 3.05) is 39.1 Å². The molecular formula is C14H31N3OS. The van der Waals surface area contributed by atoms with Crippen molar-refractivity contribution in [2.24, 2.45) is 4.99 Å². The molecule has 0 saturated heterocycles. The van der Waals surface area contributed by atoms with Crippen LogP contribution in [0.25, 0.3) is 0 Å². The molecule has 0 aliphatic carbocycles. The maximum Gasteiger partial charge on any atom is 0.191 e. The summed E-state index contributed by atoms with van der Waals surface area (Å²) in [4.78, 5) is 4.56. The molecule has 0 aromatic carbocycles. The van der Waals surface area contributed by atoms with E-state index in [1.54, 1.807) is 0 Å². The molecule has 0 bridgehead atoms. The minimum atomic E-state index is 0.563. The van der Waals surface area contributed by atoms with Crippen LogP contribution in [0.1, 0.15) is 40.0 Å². The number of thioether (sulfide) groups is 1. The molecule has 0 saturated carbocycles. The lowest BCUT2D eigenvalue weighted by molar-refractivity contribution is 0.129. The molecule has 5 heteroatoms. The van der Waals surface area contributed by atoms with E-state index in [4.69, 9.17) is 4.74 Å². The highest BCUT2D eigenvalue weighted by molar-refractivity contribution is 7.99. The van der Waals surface area contributed by atoms with E-state index in [9.17, 15) is 0 Å². The minimum absolute atomic E-state index is 0.563. The zero-order chi connectivity index (χ0) is 14.3. The smallest absolute Gasteiger partial charge is 0.191 e. The first-order valence-electron chi connectivity index (χ1n) is 7.37. The van der Waals surface area contributed by atoms with Crippen molar-refractivity contribution in [1.29, 1.82) is 0 Å². The van der Waals surface area contributed by atoms with E-state index in [1.807, 2.05) is 11.8 Å². The van der Waals surface area contributed by atoms with Gasteiger partial charge in [-0.3, -0.25) is 4.99 Å². The number of ether oxygens (including phenoxy) is 1. The molecule has 0 aromatic rings. The first-order chi connectivity index (χ1) is 9.24. The van der Waals surface area contributed by atoms with Crippen LogP contribution < -0.4 is 10.6 Å². The van der Waals surface area contributed by atoms with E-state index in [-0.39, 0.29) is 0 Å². The van der Waals surface area contributed by atoms with Gasteiger partial charge in [-0.1, -0.05) is 20.3 Å². The van der Waals surface area contributed by atoms with Gasteiger partial charge in [-0.25, -0.2) is 0 Å². The number of nitrogens with one attached hydrogen (secondary N) is 2. The van der Waals surface area contributed by atoms with Gasteiger partial charge < -0.3 is 15.4 Å². The van der Waals surface area contributed by atoms with Crippen molar-refractivity contribution in [3.05, 3.63) is 0 Å². The Labute approximate surface area is 123 Å². The molecule has 1 atom stereocenters. The van der Waals surface area contributed by atoms with Crippen molar-refractivity contribution in [2.45, 2.75) is 45.3 Å². The Morgan fingerprint density at radius 3 is 2.58 bits per heavy atom. The zero-order valence-corrected chi connectivity index (χ0v) is 13.8. The molecule has 0 amide bonds. The van der Waals surface area contributed by atoms with Gasteiger partial charge in [-0.2, -0.15) is 11.8 Å². The van der Waals surface area contributed by atoms with Gasteiger partial charge in [0.15, 0.2) is 5.96 Å². The average Bonchev–Trinajstić information content (AvgIpc) is 2.43. The van der Waals surface area contributed by atoms with Crippen LogP contribution in [0.15, 0.2) is 4.99 Å². The van der Waals surface area contributed by atoms with Gasteiger partial charge in [0.05, 0.1) is 6.54 Å². The molecule has 0 spiro atoms. The number of hydrogen-bond donors (Lipinski definition) is 2. The molecule has 1 unspecified atom stereocenters. The Morgan fingerprint density at radius 1 is 1.21 bits per heavy atom. The predicted octanol–water partition coefficient (Wildman–Crippen LogP) is 2.50. The maximum absolute atomic E-state index is 5.53. The Hall–Kier alpha value is -0.420. The summed E-state index contributed by atoms with van der Waals surface area (Å²) >= 11 is 1.84. The summed E-state index contributed by atoms with van der Waals surface area (Å²) in [5.74, 6) is 0.914. The number of rotatable bonds is 11. The zero-order valence-electron chi connectivity index (χ0n) is 13.0. The van der Waals surface area contributed by atoms with Crippen LogP contribution in [0.4, 0.5) is 0 Å². The summed E-state index contributed by atoms with van der Waals surface area (Å²) < 4.78 is 5.53. The van der Waals surface area contributed by atoms with Gasteiger partial charge in [0, 0.05) is 31.6 Å². The first-order valence-corrected chi connectivity index (χ1v) is 8.66. The van der Waals surface area contributed by atoms with E-state index in [0.717, 1.165) is 51.6 Å². The van der Waals surface area contributed by atoms with Gasteiger partial charge in [0.2, 0.25) is 0 Å². The Balaban J connectivity index is 3.69. The molecule has 0 rings (SSSR count). The Bertz CT molecular complexity index is 225. The first kappa shape index (κ1) is 18.6. The second-order valence-corrected chi connectivity index (χ2v) is 5.79. The molecule has 2 N–H and O–H groups in total. The second-order valence-electron chi connectivity index (χ2n) is 4.51. The van der Waals surface area contributed by atoms with Crippen molar-refractivity contribution >= 4 is 17.7 Å². The van der Waals surface area contributed by atoms with Crippen molar-refractivity contribution in [3.63, 3.8) is 0 Å². The molecule has 114 valence electrons.